The lowest BCUT2D eigenvalue weighted by atomic mass is 9.81. The third kappa shape index (κ3) is 2.27. The number of nitrogens with zero attached hydrogens (tertiary/aromatic N) is 1. The normalized spacial score (nSPS) is 37.1. The third-order valence-corrected chi connectivity index (χ3v) is 4.43. The molecule has 0 amide bonds. The highest BCUT2D eigenvalue weighted by Gasteiger charge is 2.37. The molecule has 1 aliphatic heterocycles. The van der Waals surface area contributed by atoms with Crippen LogP contribution in [-0.4, -0.2) is 29.3 Å². The van der Waals surface area contributed by atoms with Crippen LogP contribution in [0.15, 0.2) is 0 Å². The van der Waals surface area contributed by atoms with Crippen molar-refractivity contribution in [2.45, 2.75) is 50.8 Å². The van der Waals surface area contributed by atoms with Crippen molar-refractivity contribution in [2.24, 2.45) is 11.8 Å². The molecule has 0 aromatic heterocycles. The molecular weight excluding hydrogens is 190 g/mol. The maximum absolute atomic E-state index is 4.66. The third-order valence-electron chi connectivity index (χ3n) is 4.05. The van der Waals surface area contributed by atoms with Gasteiger partial charge in [0.1, 0.15) is 0 Å². The van der Waals surface area contributed by atoms with Crippen LogP contribution in [0.4, 0.5) is 0 Å². The fourth-order valence-electron chi connectivity index (χ4n) is 2.88. The van der Waals surface area contributed by atoms with Crippen molar-refractivity contribution in [2.75, 3.05) is 13.1 Å². The summed E-state index contributed by atoms with van der Waals surface area (Å²) in [6.45, 7) is 7.27. The number of rotatable bonds is 3. The van der Waals surface area contributed by atoms with Gasteiger partial charge in [0, 0.05) is 17.8 Å². The summed E-state index contributed by atoms with van der Waals surface area (Å²) < 4.78 is 0. The van der Waals surface area contributed by atoms with Gasteiger partial charge in [-0.3, -0.25) is 0 Å². The van der Waals surface area contributed by atoms with Crippen LogP contribution >= 0.6 is 12.6 Å². The molecule has 2 heteroatoms. The maximum atomic E-state index is 4.66. The standard InChI is InChI=1S/C12H23NS/c1-3-10-6-7-13(11-4-5-11)8-12(10)9(2)14/h9-12,14H,3-8H2,1-2H3/t9?,10-,12-/m1/s1. The van der Waals surface area contributed by atoms with Crippen LogP contribution < -0.4 is 0 Å². The van der Waals surface area contributed by atoms with Crippen molar-refractivity contribution in [3.8, 4) is 0 Å². The van der Waals surface area contributed by atoms with Gasteiger partial charge in [0.2, 0.25) is 0 Å². The highest BCUT2D eigenvalue weighted by atomic mass is 32.1. The Balaban J connectivity index is 1.93. The zero-order valence-electron chi connectivity index (χ0n) is 9.45. The molecule has 0 aromatic carbocycles. The van der Waals surface area contributed by atoms with Gasteiger partial charge in [-0.05, 0) is 37.6 Å². The van der Waals surface area contributed by atoms with Crippen LogP contribution in [0.2, 0.25) is 0 Å². The van der Waals surface area contributed by atoms with Gasteiger partial charge in [-0.1, -0.05) is 20.3 Å². The Morgan fingerprint density at radius 2 is 2.07 bits per heavy atom. The summed E-state index contributed by atoms with van der Waals surface area (Å²) in [6.07, 6.45) is 5.64. The SMILES string of the molecule is CC[C@@H]1CCN(C2CC2)C[C@@H]1C(C)S. The molecule has 1 nitrogen and oxygen atoms in total. The predicted octanol–water partition coefficient (Wildman–Crippen LogP) is 2.82. The zero-order chi connectivity index (χ0) is 10.1. The average molecular weight is 213 g/mol. The molecule has 0 N–H and O–H groups in total. The second-order valence-corrected chi connectivity index (χ2v) is 5.90. The summed E-state index contributed by atoms with van der Waals surface area (Å²) >= 11 is 4.66. The Morgan fingerprint density at radius 1 is 1.36 bits per heavy atom. The van der Waals surface area contributed by atoms with E-state index in [0.717, 1.165) is 17.9 Å². The van der Waals surface area contributed by atoms with Crippen LogP contribution in [0, 0.1) is 11.8 Å². The summed E-state index contributed by atoms with van der Waals surface area (Å²) in [5, 5.41) is 0.571. The van der Waals surface area contributed by atoms with Crippen molar-refractivity contribution in [3.05, 3.63) is 0 Å². The van der Waals surface area contributed by atoms with Crippen LogP contribution in [0.25, 0.3) is 0 Å². The van der Waals surface area contributed by atoms with Gasteiger partial charge in [0.05, 0.1) is 0 Å². The number of piperidine rings is 1. The Bertz CT molecular complexity index is 189. The zero-order valence-corrected chi connectivity index (χ0v) is 10.3. The number of hydrogen-bond donors (Lipinski definition) is 1. The minimum atomic E-state index is 0.571. The summed E-state index contributed by atoms with van der Waals surface area (Å²) in [5.74, 6) is 1.76. The van der Waals surface area contributed by atoms with E-state index in [1.165, 1.54) is 38.8 Å². The number of hydrogen-bond acceptors (Lipinski definition) is 2. The predicted molar refractivity (Wildman–Crippen MR) is 64.9 cm³/mol. The van der Waals surface area contributed by atoms with E-state index in [9.17, 15) is 0 Å². The Labute approximate surface area is 93.7 Å². The summed E-state index contributed by atoms with van der Waals surface area (Å²) in [5.41, 5.74) is 0. The van der Waals surface area contributed by atoms with E-state index in [1.54, 1.807) is 0 Å². The van der Waals surface area contributed by atoms with Crippen molar-refractivity contribution < 1.29 is 0 Å². The Kier molecular flexibility index (Phi) is 3.43. The smallest absolute Gasteiger partial charge is 0.00965 e. The number of likely N-dealkylation sites (tertiary alicyclic amines) is 1. The van der Waals surface area contributed by atoms with Crippen LogP contribution in [-0.2, 0) is 0 Å². The van der Waals surface area contributed by atoms with Crippen molar-refractivity contribution in [1.82, 2.24) is 4.90 Å². The molecule has 82 valence electrons. The summed E-state index contributed by atoms with van der Waals surface area (Å²) in [6, 6.07) is 0.947. The highest BCUT2D eigenvalue weighted by molar-refractivity contribution is 7.80. The fourth-order valence-corrected chi connectivity index (χ4v) is 3.22. The van der Waals surface area contributed by atoms with Crippen molar-refractivity contribution in [1.29, 1.82) is 0 Å². The van der Waals surface area contributed by atoms with Gasteiger partial charge in [0.15, 0.2) is 0 Å². The first-order chi connectivity index (χ1) is 6.72. The van der Waals surface area contributed by atoms with Gasteiger partial charge >= 0.3 is 0 Å². The average Bonchev–Trinajstić information content (AvgIpc) is 3.00. The van der Waals surface area contributed by atoms with E-state index < -0.39 is 0 Å². The lowest BCUT2D eigenvalue weighted by molar-refractivity contribution is 0.111. The maximum Gasteiger partial charge on any atom is 0.00965 e. The first kappa shape index (κ1) is 10.8. The second kappa shape index (κ2) is 4.44. The lowest BCUT2D eigenvalue weighted by Crippen LogP contribution is -2.44. The molecule has 1 unspecified atom stereocenters. The van der Waals surface area contributed by atoms with Crippen molar-refractivity contribution in [3.63, 3.8) is 0 Å². The van der Waals surface area contributed by atoms with Gasteiger partial charge in [-0.15, -0.1) is 0 Å². The molecule has 2 aliphatic rings. The van der Waals surface area contributed by atoms with Gasteiger partial charge in [0.25, 0.3) is 0 Å². The summed E-state index contributed by atoms with van der Waals surface area (Å²) in [7, 11) is 0. The molecule has 1 saturated heterocycles. The molecule has 0 bridgehead atoms. The largest absolute Gasteiger partial charge is 0.300 e. The van der Waals surface area contributed by atoms with E-state index in [2.05, 4.69) is 31.4 Å². The van der Waals surface area contributed by atoms with Crippen LogP contribution in [0.5, 0.6) is 0 Å². The summed E-state index contributed by atoms with van der Waals surface area (Å²) in [4.78, 5) is 2.71. The molecule has 3 atom stereocenters. The van der Waals surface area contributed by atoms with E-state index in [1.807, 2.05) is 0 Å². The van der Waals surface area contributed by atoms with E-state index in [0.29, 0.717) is 5.25 Å². The topological polar surface area (TPSA) is 3.24 Å². The minimum absolute atomic E-state index is 0.571. The van der Waals surface area contributed by atoms with Crippen molar-refractivity contribution >= 4 is 12.6 Å². The van der Waals surface area contributed by atoms with Crippen LogP contribution in [0.1, 0.15) is 39.5 Å². The van der Waals surface area contributed by atoms with E-state index in [4.69, 9.17) is 0 Å². The molecule has 0 radical (unpaired) electrons. The van der Waals surface area contributed by atoms with E-state index in [-0.39, 0.29) is 0 Å². The molecule has 1 heterocycles. The molecule has 0 aromatic rings. The van der Waals surface area contributed by atoms with Crippen LogP contribution in [0.3, 0.4) is 0 Å². The Morgan fingerprint density at radius 3 is 2.57 bits per heavy atom. The number of thiol groups is 1. The minimum Gasteiger partial charge on any atom is -0.300 e. The first-order valence-electron chi connectivity index (χ1n) is 6.14. The van der Waals surface area contributed by atoms with Gasteiger partial charge in [-0.2, -0.15) is 12.6 Å². The monoisotopic (exact) mass is 213 g/mol. The van der Waals surface area contributed by atoms with Gasteiger partial charge in [-0.25, -0.2) is 0 Å². The second-order valence-electron chi connectivity index (χ2n) is 5.09. The first-order valence-corrected chi connectivity index (χ1v) is 6.66. The quantitative estimate of drug-likeness (QED) is 0.706. The van der Waals surface area contributed by atoms with Gasteiger partial charge < -0.3 is 4.90 Å². The molecular formula is C12H23NS. The highest BCUT2D eigenvalue weighted by Crippen LogP contribution is 2.36. The molecule has 1 aliphatic carbocycles. The molecule has 2 fully saturated rings. The fraction of sp³-hybridized carbons (Fsp3) is 1.00. The molecule has 0 spiro atoms. The molecule has 1 saturated carbocycles. The van der Waals surface area contributed by atoms with E-state index >= 15 is 0 Å². The Hall–Kier alpha value is 0.310. The lowest BCUT2D eigenvalue weighted by Gasteiger charge is -2.40. The molecule has 2 rings (SSSR count). The molecule has 14 heavy (non-hydrogen) atoms.